The third-order valence-electron chi connectivity index (χ3n) is 6.12. The molecule has 2 aromatic carbocycles. The fourth-order valence-electron chi connectivity index (χ4n) is 4.43. The van der Waals surface area contributed by atoms with Crippen LogP contribution in [-0.4, -0.2) is 24.4 Å². The zero-order valence-electron chi connectivity index (χ0n) is 20.7. The minimum atomic E-state index is -4.94. The van der Waals surface area contributed by atoms with Crippen LogP contribution < -0.4 is 18.6 Å². The minimum Gasteiger partial charge on any atom is -0.456 e. The zero-order valence-corrected chi connectivity index (χ0v) is 21.5. The number of fused-ring (bicyclic) bond motifs is 1. The summed E-state index contributed by atoms with van der Waals surface area (Å²) in [5.74, 6) is 1.77. The summed E-state index contributed by atoms with van der Waals surface area (Å²) in [6.45, 7) is 0. The second-order valence-corrected chi connectivity index (χ2v) is 9.74. The van der Waals surface area contributed by atoms with Crippen LogP contribution in [-0.2, 0) is 4.74 Å². The molecule has 0 bridgehead atoms. The summed E-state index contributed by atoms with van der Waals surface area (Å²) in [6.07, 6.45) is 17.0. The molecular weight excluding hydrogens is 490 g/mol. The van der Waals surface area contributed by atoms with E-state index in [9.17, 15) is 0 Å². The van der Waals surface area contributed by atoms with Crippen molar-refractivity contribution in [1.82, 2.24) is 0 Å². The van der Waals surface area contributed by atoms with Gasteiger partial charge in [0.1, 0.15) is 25.6 Å². The Morgan fingerprint density at radius 3 is 1.81 bits per heavy atom. The van der Waals surface area contributed by atoms with Gasteiger partial charge in [-0.1, -0.05) is 66.7 Å². The topological polar surface area (TPSA) is 104 Å². The Morgan fingerprint density at radius 2 is 1.30 bits per heavy atom. The van der Waals surface area contributed by atoms with Gasteiger partial charge in [0, 0.05) is 23.3 Å². The molecule has 37 heavy (non-hydrogen) atoms. The van der Waals surface area contributed by atoms with Gasteiger partial charge in [-0.3, -0.25) is 0 Å². The van der Waals surface area contributed by atoms with Crippen molar-refractivity contribution in [2.24, 2.45) is 0 Å². The van der Waals surface area contributed by atoms with Crippen molar-refractivity contribution in [2.75, 3.05) is 14.1 Å². The highest BCUT2D eigenvalue weighted by molar-refractivity contribution is 6.03. The number of rotatable bonds is 3. The lowest BCUT2D eigenvalue weighted by Crippen LogP contribution is -2.68. The van der Waals surface area contributed by atoms with Crippen molar-refractivity contribution in [1.29, 1.82) is 0 Å². The van der Waals surface area contributed by atoms with Crippen molar-refractivity contribution < 1.29 is 38.2 Å². The van der Waals surface area contributed by atoms with Gasteiger partial charge >= 0.3 is 0 Å². The third-order valence-corrected chi connectivity index (χ3v) is 6.12. The molecule has 2 aliphatic carbocycles. The van der Waals surface area contributed by atoms with Crippen LogP contribution in [0.5, 0.6) is 0 Å². The molecule has 7 heteroatoms. The molecule has 2 aromatic rings. The maximum absolute atomic E-state index is 8.49. The minimum absolute atomic E-state index is 0.887. The van der Waals surface area contributed by atoms with E-state index in [1.165, 1.54) is 34.4 Å². The van der Waals surface area contributed by atoms with Crippen molar-refractivity contribution in [3.05, 3.63) is 131 Å². The van der Waals surface area contributed by atoms with E-state index in [0.29, 0.717) is 0 Å². The lowest BCUT2D eigenvalue weighted by Gasteiger charge is -2.23. The first-order valence-electron chi connectivity index (χ1n) is 11.9. The first-order valence-corrected chi connectivity index (χ1v) is 13.1. The van der Waals surface area contributed by atoms with Gasteiger partial charge < -0.3 is 4.74 Å². The Labute approximate surface area is 219 Å². The zero-order chi connectivity index (χ0) is 26.4. The average Bonchev–Trinajstić information content (AvgIpc) is 2.88. The van der Waals surface area contributed by atoms with Gasteiger partial charge in [0.2, 0.25) is 0 Å². The normalized spacial score (nSPS) is 17.0. The molecule has 0 radical (unpaired) electrons. The molecule has 0 atom stereocenters. The fraction of sp³-hybridized carbons (Fsp3) is 0.167. The van der Waals surface area contributed by atoms with Crippen LogP contribution in [0.4, 0.5) is 0 Å². The molecule has 190 valence electrons. The van der Waals surface area contributed by atoms with Crippen LogP contribution in [0.2, 0.25) is 0 Å². The van der Waals surface area contributed by atoms with E-state index in [0.717, 1.165) is 35.5 Å². The molecule has 6 nitrogen and oxygen atoms in total. The van der Waals surface area contributed by atoms with E-state index in [1.807, 2.05) is 12.1 Å². The standard InChI is InChI=1S/C30H28NO.ClHO4/c1-31(2)27-16-17-28-25(14-9-15-26(28)21-27)18-22-19-29(23-10-5-3-6-11-23)32-30(20-22)24-12-7-4-8-13-24;2-1(3,4)5/h3-8,10-13,16-21H,9,14-15H2,1-2H3;(H,2,3,4,5)/q+1;/p-1. The summed E-state index contributed by atoms with van der Waals surface area (Å²) in [5, 5.41) is 0. The molecule has 1 aliphatic heterocycles. The monoisotopic (exact) mass is 517 g/mol. The second kappa shape index (κ2) is 11.7. The third kappa shape index (κ3) is 7.49. The molecule has 0 aromatic heterocycles. The highest BCUT2D eigenvalue weighted by atomic mass is 35.7. The number of ether oxygens (including phenoxy) is 1. The lowest BCUT2D eigenvalue weighted by atomic mass is 9.83. The number of hydrogen-bond acceptors (Lipinski definition) is 5. The molecule has 0 N–H and O–H groups in total. The summed E-state index contributed by atoms with van der Waals surface area (Å²) in [7, 11) is -0.740. The van der Waals surface area contributed by atoms with Crippen molar-refractivity contribution in [2.45, 2.75) is 19.3 Å². The fourth-order valence-corrected chi connectivity index (χ4v) is 4.43. The van der Waals surface area contributed by atoms with E-state index in [4.69, 9.17) is 23.4 Å². The molecule has 0 saturated heterocycles. The molecule has 0 amide bonds. The van der Waals surface area contributed by atoms with E-state index in [-0.39, 0.29) is 0 Å². The number of allylic oxidation sites excluding steroid dienone is 10. The Bertz CT molecular complexity index is 1290. The summed E-state index contributed by atoms with van der Waals surface area (Å²) in [4.78, 5) is 0. The highest BCUT2D eigenvalue weighted by Gasteiger charge is 2.21. The highest BCUT2D eigenvalue weighted by Crippen LogP contribution is 2.37. The predicted octanol–water partition coefficient (Wildman–Crippen LogP) is 1.96. The number of halogens is 1. The van der Waals surface area contributed by atoms with Crippen LogP contribution >= 0.6 is 0 Å². The van der Waals surface area contributed by atoms with Crippen LogP contribution in [0.1, 0.15) is 30.4 Å². The smallest absolute Gasteiger partial charge is 0.199 e. The summed E-state index contributed by atoms with van der Waals surface area (Å²) in [5.41, 5.74) is 8.84. The van der Waals surface area contributed by atoms with Crippen LogP contribution in [0.3, 0.4) is 0 Å². The van der Waals surface area contributed by atoms with Gasteiger partial charge in [-0.2, -0.15) is 0 Å². The van der Waals surface area contributed by atoms with Gasteiger partial charge in [-0.15, -0.1) is 10.2 Å². The van der Waals surface area contributed by atoms with E-state index in [2.05, 4.69) is 104 Å². The first-order chi connectivity index (χ1) is 17.7. The van der Waals surface area contributed by atoms with Crippen LogP contribution in [0, 0.1) is 10.2 Å². The van der Waals surface area contributed by atoms with Gasteiger partial charge in [0.05, 0.1) is 0 Å². The Balaban J connectivity index is 0.000000586. The average molecular weight is 518 g/mol. The van der Waals surface area contributed by atoms with Crippen molar-refractivity contribution >= 4 is 17.2 Å². The first kappa shape index (κ1) is 26.5. The van der Waals surface area contributed by atoms with Crippen LogP contribution in [0.15, 0.2) is 119 Å². The van der Waals surface area contributed by atoms with E-state index >= 15 is 0 Å². The summed E-state index contributed by atoms with van der Waals surface area (Å²) < 4.78 is 42.5. The van der Waals surface area contributed by atoms with Gasteiger partial charge in [0.25, 0.3) is 0 Å². The molecule has 5 rings (SSSR count). The Kier molecular flexibility index (Phi) is 8.38. The van der Waals surface area contributed by atoms with E-state index < -0.39 is 10.2 Å². The van der Waals surface area contributed by atoms with E-state index in [1.54, 1.807) is 0 Å². The predicted molar refractivity (Wildman–Crippen MR) is 133 cm³/mol. The summed E-state index contributed by atoms with van der Waals surface area (Å²) >= 11 is 0. The molecule has 1 heterocycles. The Morgan fingerprint density at radius 1 is 0.757 bits per heavy atom. The Hall–Kier alpha value is -3.52. The largest absolute Gasteiger partial charge is 0.456 e. The molecular formula is C30H28ClNO5. The number of nitrogens with zero attached hydrogens (tertiary/aromatic N) is 1. The van der Waals surface area contributed by atoms with Gasteiger partial charge in [-0.25, -0.2) is 23.2 Å². The molecule has 0 unspecified atom stereocenters. The SMILES string of the molecule is C[N+](C)=C1C=CC2=C(C=C3C=C(c4ccccc4)OC(c4ccccc4)=C3)CCCC2=C1.[O-][Cl+3]([O-])([O-])[O-]. The van der Waals surface area contributed by atoms with Gasteiger partial charge in [-0.05, 0) is 59.8 Å². The molecule has 3 aliphatic rings. The molecule has 0 spiro atoms. The quantitative estimate of drug-likeness (QED) is 0.579. The number of benzene rings is 2. The molecule has 0 saturated carbocycles. The second-order valence-electron chi connectivity index (χ2n) is 8.99. The van der Waals surface area contributed by atoms with Gasteiger partial charge in [0.15, 0.2) is 5.71 Å². The van der Waals surface area contributed by atoms with Crippen LogP contribution in [0.25, 0.3) is 11.5 Å². The maximum Gasteiger partial charge on any atom is 0.199 e. The number of hydrogen-bond donors (Lipinski definition) is 0. The lowest BCUT2D eigenvalue weighted by molar-refractivity contribution is -2.00. The van der Waals surface area contributed by atoms with Crippen molar-refractivity contribution in [3.63, 3.8) is 0 Å². The molecule has 0 fully saturated rings. The maximum atomic E-state index is 8.49. The van der Waals surface area contributed by atoms with Crippen molar-refractivity contribution in [3.8, 4) is 0 Å². The summed E-state index contributed by atoms with van der Waals surface area (Å²) in [6, 6.07) is 20.7.